The van der Waals surface area contributed by atoms with Crippen molar-refractivity contribution in [2.45, 2.75) is 37.7 Å². The number of carbonyl (C=O) groups excluding carboxylic acids is 1. The van der Waals surface area contributed by atoms with Crippen molar-refractivity contribution in [2.24, 2.45) is 5.92 Å². The van der Waals surface area contributed by atoms with Crippen LogP contribution in [0.5, 0.6) is 0 Å². The number of fused-ring (bicyclic) bond motifs is 1. The number of likely N-dealkylation sites (tertiary alicyclic amines) is 1. The van der Waals surface area contributed by atoms with Crippen LogP contribution in [0.1, 0.15) is 42.5 Å². The van der Waals surface area contributed by atoms with Crippen LogP contribution in [0.25, 0.3) is 5.69 Å². The molecule has 1 aromatic carbocycles. The molecule has 1 saturated carbocycles. The molecular formula is C18H22N4O2. The number of nitrogens with zero attached hydrogens (tertiary/aromatic N) is 4. The average molecular weight is 326 g/mol. The third-order valence-corrected chi connectivity index (χ3v) is 5.55. The maximum absolute atomic E-state index is 13.1. The van der Waals surface area contributed by atoms with E-state index in [1.165, 1.54) is 0 Å². The first-order valence-electron chi connectivity index (χ1n) is 8.63. The Morgan fingerprint density at radius 1 is 1.17 bits per heavy atom. The normalized spacial score (nSPS) is 26.9. The highest BCUT2D eigenvalue weighted by Gasteiger charge is 2.43. The van der Waals surface area contributed by atoms with E-state index in [4.69, 9.17) is 0 Å². The second-order valence-corrected chi connectivity index (χ2v) is 6.93. The summed E-state index contributed by atoms with van der Waals surface area (Å²) in [7, 11) is 0. The number of para-hydroxylation sites is 1. The summed E-state index contributed by atoms with van der Waals surface area (Å²) >= 11 is 0. The van der Waals surface area contributed by atoms with Crippen LogP contribution in [0.3, 0.4) is 0 Å². The predicted octanol–water partition coefficient (Wildman–Crippen LogP) is 2.03. The molecule has 126 valence electrons. The molecule has 24 heavy (non-hydrogen) atoms. The smallest absolute Gasteiger partial charge is 0.255 e. The van der Waals surface area contributed by atoms with Crippen molar-refractivity contribution in [3.8, 4) is 5.69 Å². The van der Waals surface area contributed by atoms with Crippen molar-refractivity contribution in [2.75, 3.05) is 13.1 Å². The summed E-state index contributed by atoms with van der Waals surface area (Å²) in [5, 5.41) is 18.5. The molecule has 6 heteroatoms. The average Bonchev–Trinajstić information content (AvgIpc) is 3.15. The van der Waals surface area contributed by atoms with Crippen LogP contribution >= 0.6 is 0 Å². The Balaban J connectivity index is 1.59. The maximum atomic E-state index is 13.1. The zero-order valence-corrected chi connectivity index (χ0v) is 13.6. The monoisotopic (exact) mass is 326 g/mol. The van der Waals surface area contributed by atoms with Gasteiger partial charge in [0.15, 0.2) is 0 Å². The van der Waals surface area contributed by atoms with E-state index in [-0.39, 0.29) is 11.8 Å². The van der Waals surface area contributed by atoms with Crippen LogP contribution in [0, 0.1) is 5.92 Å². The largest absolute Gasteiger partial charge is 0.389 e. The van der Waals surface area contributed by atoms with Gasteiger partial charge in [0.1, 0.15) is 12.7 Å². The summed E-state index contributed by atoms with van der Waals surface area (Å²) in [6, 6.07) is 7.53. The Bertz CT molecular complexity index is 730. The maximum Gasteiger partial charge on any atom is 0.255 e. The third-order valence-electron chi connectivity index (χ3n) is 5.55. The second kappa shape index (κ2) is 6.02. The number of carbonyl (C=O) groups is 1. The molecule has 2 aliphatic rings. The minimum absolute atomic E-state index is 0.0203. The highest BCUT2D eigenvalue weighted by atomic mass is 16.3. The zero-order chi connectivity index (χ0) is 16.6. The fourth-order valence-electron chi connectivity index (χ4n) is 4.13. The zero-order valence-electron chi connectivity index (χ0n) is 13.6. The first kappa shape index (κ1) is 15.3. The molecule has 1 amide bonds. The van der Waals surface area contributed by atoms with Crippen LogP contribution in [0.2, 0.25) is 0 Å². The van der Waals surface area contributed by atoms with Gasteiger partial charge in [-0.1, -0.05) is 25.0 Å². The van der Waals surface area contributed by atoms with Gasteiger partial charge in [-0.15, -0.1) is 10.2 Å². The number of amides is 1. The summed E-state index contributed by atoms with van der Waals surface area (Å²) in [6.07, 6.45) is 8.00. The lowest BCUT2D eigenvalue weighted by Gasteiger charge is -2.47. The van der Waals surface area contributed by atoms with Crippen LogP contribution in [-0.2, 0) is 0 Å². The number of aliphatic hydroxyl groups is 1. The fraction of sp³-hybridized carbons (Fsp3) is 0.500. The highest BCUT2D eigenvalue weighted by molar-refractivity contribution is 5.97. The molecule has 0 radical (unpaired) electrons. The molecule has 1 aliphatic heterocycles. The van der Waals surface area contributed by atoms with Crippen molar-refractivity contribution in [1.82, 2.24) is 19.7 Å². The number of hydrogen-bond donors (Lipinski definition) is 1. The lowest BCUT2D eigenvalue weighted by Crippen LogP contribution is -2.54. The second-order valence-electron chi connectivity index (χ2n) is 6.93. The Morgan fingerprint density at radius 2 is 1.96 bits per heavy atom. The molecule has 2 fully saturated rings. The van der Waals surface area contributed by atoms with Gasteiger partial charge in [-0.2, -0.15) is 0 Å². The summed E-state index contributed by atoms with van der Waals surface area (Å²) in [5.41, 5.74) is 0.874. The molecule has 2 aromatic rings. The van der Waals surface area contributed by atoms with E-state index in [2.05, 4.69) is 10.2 Å². The minimum Gasteiger partial charge on any atom is -0.389 e. The van der Waals surface area contributed by atoms with E-state index < -0.39 is 5.60 Å². The molecule has 4 rings (SSSR count). The molecule has 0 unspecified atom stereocenters. The lowest BCUT2D eigenvalue weighted by atomic mass is 9.71. The van der Waals surface area contributed by atoms with Crippen LogP contribution in [0.4, 0.5) is 0 Å². The first-order chi connectivity index (χ1) is 11.7. The van der Waals surface area contributed by atoms with Crippen LogP contribution in [-0.4, -0.2) is 49.4 Å². The van der Waals surface area contributed by atoms with Crippen molar-refractivity contribution < 1.29 is 9.90 Å². The SMILES string of the molecule is O=C(c1ccccc1-n1cnnc1)N1CC[C@@]2(O)CCCC[C@H]2C1. The highest BCUT2D eigenvalue weighted by Crippen LogP contribution is 2.40. The third kappa shape index (κ3) is 2.60. The van der Waals surface area contributed by atoms with E-state index in [0.717, 1.165) is 31.4 Å². The van der Waals surface area contributed by atoms with E-state index in [9.17, 15) is 9.90 Å². The number of hydrogen-bond acceptors (Lipinski definition) is 4. The number of benzene rings is 1. The summed E-state index contributed by atoms with van der Waals surface area (Å²) < 4.78 is 1.76. The van der Waals surface area contributed by atoms with Crippen molar-refractivity contribution in [1.29, 1.82) is 0 Å². The Morgan fingerprint density at radius 3 is 2.79 bits per heavy atom. The molecule has 1 N–H and O–H groups in total. The van der Waals surface area contributed by atoms with Gasteiger partial charge in [0, 0.05) is 19.0 Å². The van der Waals surface area contributed by atoms with Gasteiger partial charge >= 0.3 is 0 Å². The fourth-order valence-corrected chi connectivity index (χ4v) is 4.13. The molecule has 0 spiro atoms. The molecule has 1 aromatic heterocycles. The first-order valence-corrected chi connectivity index (χ1v) is 8.63. The van der Waals surface area contributed by atoms with Crippen LogP contribution < -0.4 is 0 Å². The van der Waals surface area contributed by atoms with E-state index in [1.54, 1.807) is 17.2 Å². The van der Waals surface area contributed by atoms with Gasteiger partial charge in [0.2, 0.25) is 0 Å². The van der Waals surface area contributed by atoms with E-state index in [1.807, 2.05) is 29.2 Å². The van der Waals surface area contributed by atoms with Crippen molar-refractivity contribution in [3.63, 3.8) is 0 Å². The van der Waals surface area contributed by atoms with Gasteiger partial charge < -0.3 is 10.0 Å². The molecule has 0 bridgehead atoms. The van der Waals surface area contributed by atoms with Gasteiger partial charge in [-0.25, -0.2) is 0 Å². The number of piperidine rings is 1. The topological polar surface area (TPSA) is 71.2 Å². The van der Waals surface area contributed by atoms with Gasteiger partial charge in [0.25, 0.3) is 5.91 Å². The Hall–Kier alpha value is -2.21. The molecular weight excluding hydrogens is 304 g/mol. The molecule has 1 aliphatic carbocycles. The van der Waals surface area contributed by atoms with Crippen molar-refractivity contribution >= 4 is 5.91 Å². The number of rotatable bonds is 2. The predicted molar refractivity (Wildman–Crippen MR) is 88.8 cm³/mol. The molecule has 6 nitrogen and oxygen atoms in total. The van der Waals surface area contributed by atoms with E-state index in [0.29, 0.717) is 25.1 Å². The number of aromatic nitrogens is 3. The minimum atomic E-state index is -0.567. The molecule has 2 atom stereocenters. The Kier molecular flexibility index (Phi) is 3.84. The summed E-state index contributed by atoms with van der Waals surface area (Å²) in [4.78, 5) is 15.0. The van der Waals surface area contributed by atoms with Crippen molar-refractivity contribution in [3.05, 3.63) is 42.5 Å². The summed E-state index contributed by atoms with van der Waals surface area (Å²) in [5.74, 6) is 0.220. The molecule has 1 saturated heterocycles. The van der Waals surface area contributed by atoms with Crippen LogP contribution in [0.15, 0.2) is 36.9 Å². The van der Waals surface area contributed by atoms with Gasteiger partial charge in [0.05, 0.1) is 16.9 Å². The van der Waals surface area contributed by atoms with Gasteiger partial charge in [-0.3, -0.25) is 9.36 Å². The quantitative estimate of drug-likeness (QED) is 0.917. The standard InChI is InChI=1S/C18H22N4O2/c23-17(15-6-1-2-7-16(15)22-12-19-20-13-22)21-10-9-18(24)8-4-3-5-14(18)11-21/h1-2,6-7,12-14,24H,3-5,8-11H2/t14-,18-/m0/s1. The van der Waals surface area contributed by atoms with E-state index >= 15 is 0 Å². The Labute approximate surface area is 141 Å². The lowest BCUT2D eigenvalue weighted by molar-refractivity contribution is -0.0886. The summed E-state index contributed by atoms with van der Waals surface area (Å²) in [6.45, 7) is 1.26. The molecule has 2 heterocycles. The van der Waals surface area contributed by atoms with Gasteiger partial charge in [-0.05, 0) is 31.4 Å².